The van der Waals surface area contributed by atoms with E-state index in [9.17, 15) is 14.9 Å². The highest BCUT2D eigenvalue weighted by molar-refractivity contribution is 5.94. The van der Waals surface area contributed by atoms with E-state index in [0.29, 0.717) is 30.2 Å². The number of hydrogen-bond acceptors (Lipinski definition) is 7. The molecule has 0 bridgehead atoms. The van der Waals surface area contributed by atoms with E-state index in [2.05, 4.69) is 15.5 Å². The Balaban J connectivity index is 1.52. The molecular formula is C16H19N5O4. The average molecular weight is 345 g/mol. The van der Waals surface area contributed by atoms with Crippen LogP contribution in [0.2, 0.25) is 0 Å². The molecule has 0 spiro atoms. The summed E-state index contributed by atoms with van der Waals surface area (Å²) in [6.45, 7) is 0.315. The third kappa shape index (κ3) is 3.82. The lowest BCUT2D eigenvalue weighted by Crippen LogP contribution is -2.34. The zero-order valence-corrected chi connectivity index (χ0v) is 13.6. The number of hydrogen-bond donors (Lipinski definition) is 2. The summed E-state index contributed by atoms with van der Waals surface area (Å²) in [5.41, 5.74) is 6.07. The summed E-state index contributed by atoms with van der Waals surface area (Å²) in [7, 11) is 0. The molecule has 1 heterocycles. The van der Waals surface area contributed by atoms with Gasteiger partial charge in [-0.25, -0.2) is 0 Å². The van der Waals surface area contributed by atoms with Gasteiger partial charge in [0.25, 0.3) is 11.6 Å². The van der Waals surface area contributed by atoms with Crippen LogP contribution in [0.25, 0.3) is 0 Å². The Labute approximate surface area is 143 Å². The largest absolute Gasteiger partial charge is 0.352 e. The predicted molar refractivity (Wildman–Crippen MR) is 87.8 cm³/mol. The van der Waals surface area contributed by atoms with Gasteiger partial charge < -0.3 is 15.6 Å². The molecule has 9 nitrogen and oxygen atoms in total. The minimum Gasteiger partial charge on any atom is -0.352 e. The molecule has 132 valence electrons. The van der Waals surface area contributed by atoms with Gasteiger partial charge in [-0.2, -0.15) is 4.98 Å². The summed E-state index contributed by atoms with van der Waals surface area (Å²) >= 11 is 0. The molecule has 1 amide bonds. The van der Waals surface area contributed by atoms with E-state index in [1.54, 1.807) is 0 Å². The fourth-order valence-corrected chi connectivity index (χ4v) is 2.91. The van der Waals surface area contributed by atoms with Crippen molar-refractivity contribution in [1.82, 2.24) is 15.5 Å². The summed E-state index contributed by atoms with van der Waals surface area (Å²) in [6, 6.07) is 5.41. The van der Waals surface area contributed by atoms with E-state index in [1.165, 1.54) is 24.3 Å². The first-order valence-corrected chi connectivity index (χ1v) is 8.12. The second-order valence-corrected chi connectivity index (χ2v) is 6.18. The van der Waals surface area contributed by atoms with Gasteiger partial charge in [0.05, 0.1) is 10.5 Å². The maximum absolute atomic E-state index is 12.0. The lowest BCUT2D eigenvalue weighted by molar-refractivity contribution is -0.384. The maximum atomic E-state index is 12.0. The summed E-state index contributed by atoms with van der Waals surface area (Å²) in [5, 5.41) is 17.3. The van der Waals surface area contributed by atoms with Gasteiger partial charge in [0.1, 0.15) is 0 Å². The minimum absolute atomic E-state index is 0.0578. The van der Waals surface area contributed by atoms with Crippen LogP contribution in [0.4, 0.5) is 5.69 Å². The van der Waals surface area contributed by atoms with Gasteiger partial charge in [-0.1, -0.05) is 18.0 Å². The van der Waals surface area contributed by atoms with Crippen LogP contribution in [0.5, 0.6) is 0 Å². The van der Waals surface area contributed by atoms with Crippen molar-refractivity contribution in [1.29, 1.82) is 0 Å². The number of nitro benzene ring substituents is 1. The van der Waals surface area contributed by atoms with Crippen LogP contribution < -0.4 is 11.1 Å². The molecule has 1 aliphatic carbocycles. The van der Waals surface area contributed by atoms with Crippen LogP contribution in [0.15, 0.2) is 28.8 Å². The van der Waals surface area contributed by atoms with Crippen molar-refractivity contribution in [3.63, 3.8) is 0 Å². The van der Waals surface area contributed by atoms with Gasteiger partial charge >= 0.3 is 0 Å². The molecule has 3 N–H and O–H groups in total. The highest BCUT2D eigenvalue weighted by Gasteiger charge is 2.35. The van der Waals surface area contributed by atoms with E-state index < -0.39 is 10.5 Å². The summed E-state index contributed by atoms with van der Waals surface area (Å²) < 4.78 is 5.20. The molecule has 0 unspecified atom stereocenters. The molecule has 0 saturated heterocycles. The highest BCUT2D eigenvalue weighted by Crippen LogP contribution is 2.34. The first-order chi connectivity index (χ1) is 12.0. The SMILES string of the molecule is NC1(c2noc(CCNC(=O)c3ccc([N+](=O)[O-])cc3)n2)CCCC1. The Morgan fingerprint density at radius 3 is 2.64 bits per heavy atom. The molecule has 1 saturated carbocycles. The Kier molecular flexibility index (Phi) is 4.75. The molecule has 0 aliphatic heterocycles. The standard InChI is InChI=1S/C16H19N5O4/c17-16(8-1-2-9-16)15-19-13(25-20-15)7-10-18-14(22)11-3-5-12(6-4-11)21(23)24/h3-6H,1-2,7-10,17H2,(H,18,22). The van der Waals surface area contributed by atoms with E-state index in [0.717, 1.165) is 25.7 Å². The predicted octanol–water partition coefficient (Wildman–Crippen LogP) is 1.68. The van der Waals surface area contributed by atoms with Crippen LogP contribution >= 0.6 is 0 Å². The fraction of sp³-hybridized carbons (Fsp3) is 0.438. The van der Waals surface area contributed by atoms with Gasteiger partial charge in [0.15, 0.2) is 5.82 Å². The van der Waals surface area contributed by atoms with Crippen LogP contribution in [0.3, 0.4) is 0 Å². The van der Waals surface area contributed by atoms with Crippen molar-refractivity contribution in [3.8, 4) is 0 Å². The molecule has 3 rings (SSSR count). The summed E-state index contributed by atoms with van der Waals surface area (Å²) in [4.78, 5) is 26.4. The zero-order valence-electron chi connectivity index (χ0n) is 13.6. The van der Waals surface area contributed by atoms with Crippen molar-refractivity contribution >= 4 is 11.6 Å². The molecule has 1 aromatic heterocycles. The molecule has 25 heavy (non-hydrogen) atoms. The first kappa shape index (κ1) is 17.0. The Bertz CT molecular complexity index is 765. The normalized spacial score (nSPS) is 15.9. The number of carbonyl (C=O) groups is 1. The van der Waals surface area contributed by atoms with Crippen LogP contribution in [0.1, 0.15) is 47.8 Å². The number of nitro groups is 1. The number of carbonyl (C=O) groups excluding carboxylic acids is 1. The molecule has 0 radical (unpaired) electrons. The van der Waals surface area contributed by atoms with Gasteiger partial charge in [-0.15, -0.1) is 0 Å². The number of amides is 1. The number of non-ortho nitro benzene ring substituents is 1. The third-order valence-corrected chi connectivity index (χ3v) is 4.37. The van der Waals surface area contributed by atoms with Gasteiger partial charge in [-0.05, 0) is 25.0 Å². The molecule has 1 aromatic carbocycles. The van der Waals surface area contributed by atoms with Crippen molar-refractivity contribution in [2.24, 2.45) is 5.73 Å². The quantitative estimate of drug-likeness (QED) is 0.600. The summed E-state index contributed by atoms with van der Waals surface area (Å²) in [5.74, 6) is 0.637. The lowest BCUT2D eigenvalue weighted by atomic mass is 9.99. The second-order valence-electron chi connectivity index (χ2n) is 6.18. The topological polar surface area (TPSA) is 137 Å². The van der Waals surface area contributed by atoms with Crippen molar-refractivity contribution in [3.05, 3.63) is 51.7 Å². The van der Waals surface area contributed by atoms with E-state index >= 15 is 0 Å². The molecule has 1 fully saturated rings. The fourth-order valence-electron chi connectivity index (χ4n) is 2.91. The maximum Gasteiger partial charge on any atom is 0.269 e. The van der Waals surface area contributed by atoms with Crippen molar-refractivity contribution in [2.45, 2.75) is 37.6 Å². The van der Waals surface area contributed by atoms with Crippen molar-refractivity contribution < 1.29 is 14.2 Å². The Hall–Kier alpha value is -2.81. The van der Waals surface area contributed by atoms with Gasteiger partial charge in [0, 0.05) is 30.7 Å². The van der Waals surface area contributed by atoms with Crippen LogP contribution in [0, 0.1) is 10.1 Å². The highest BCUT2D eigenvalue weighted by atomic mass is 16.6. The number of aromatic nitrogens is 2. The lowest BCUT2D eigenvalue weighted by Gasteiger charge is -2.17. The summed E-state index contributed by atoms with van der Waals surface area (Å²) in [6.07, 6.45) is 4.21. The monoisotopic (exact) mass is 345 g/mol. The molecule has 0 atom stereocenters. The van der Waals surface area contributed by atoms with E-state index in [4.69, 9.17) is 10.3 Å². The van der Waals surface area contributed by atoms with Crippen LogP contribution in [-0.4, -0.2) is 27.5 Å². The molecule has 2 aromatic rings. The van der Waals surface area contributed by atoms with Crippen molar-refractivity contribution in [2.75, 3.05) is 6.54 Å². The number of nitrogens with one attached hydrogen (secondary N) is 1. The zero-order chi connectivity index (χ0) is 17.9. The number of benzene rings is 1. The average Bonchev–Trinajstić information content (AvgIpc) is 3.25. The van der Waals surface area contributed by atoms with Crippen LogP contribution in [-0.2, 0) is 12.0 Å². The van der Waals surface area contributed by atoms with E-state index in [1.807, 2.05) is 0 Å². The Morgan fingerprint density at radius 1 is 1.32 bits per heavy atom. The smallest absolute Gasteiger partial charge is 0.269 e. The molecule has 9 heteroatoms. The number of rotatable bonds is 6. The van der Waals surface area contributed by atoms with E-state index in [-0.39, 0.29) is 11.6 Å². The minimum atomic E-state index is -0.511. The van der Waals surface area contributed by atoms with Gasteiger partial charge in [-0.3, -0.25) is 14.9 Å². The third-order valence-electron chi connectivity index (χ3n) is 4.37. The second kappa shape index (κ2) is 6.98. The Morgan fingerprint density at radius 2 is 2.00 bits per heavy atom. The van der Waals surface area contributed by atoms with Gasteiger partial charge in [0.2, 0.25) is 5.89 Å². The number of nitrogens with zero attached hydrogens (tertiary/aromatic N) is 3. The number of nitrogens with two attached hydrogens (primary N) is 1. The molecular weight excluding hydrogens is 326 g/mol. The first-order valence-electron chi connectivity index (χ1n) is 8.12. The molecule has 1 aliphatic rings.